The quantitative estimate of drug-likeness (QED) is 0.699. The summed E-state index contributed by atoms with van der Waals surface area (Å²) < 4.78 is 0. The molecule has 0 saturated carbocycles. The van der Waals surface area contributed by atoms with Gasteiger partial charge in [-0.1, -0.05) is 0 Å². The minimum atomic E-state index is 0.0110. The second-order valence-corrected chi connectivity index (χ2v) is 4.75. The molecule has 1 aliphatic rings. The van der Waals surface area contributed by atoms with Crippen LogP contribution in [0.15, 0.2) is 0 Å². The van der Waals surface area contributed by atoms with Gasteiger partial charge in [-0.15, -0.1) is 0 Å². The van der Waals surface area contributed by atoms with E-state index in [0.29, 0.717) is 0 Å². The van der Waals surface area contributed by atoms with Crippen LogP contribution in [0.2, 0.25) is 0 Å². The molecule has 1 fully saturated rings. The fourth-order valence-corrected chi connectivity index (χ4v) is 2.78. The van der Waals surface area contributed by atoms with E-state index in [4.69, 9.17) is 10.8 Å². The average molecular weight is 189 g/mol. The standard InChI is InChI=1S/C9H19NOS/c10-9(6-11)4-3-8-2-1-5-12-7-8/h8-9,11H,1-7,10H2. The summed E-state index contributed by atoms with van der Waals surface area (Å²) in [6, 6.07) is 0.0110. The molecule has 1 heterocycles. The van der Waals surface area contributed by atoms with E-state index in [9.17, 15) is 0 Å². The fourth-order valence-electron chi connectivity index (χ4n) is 1.58. The van der Waals surface area contributed by atoms with Gasteiger partial charge in [0, 0.05) is 6.04 Å². The average Bonchev–Trinajstić information content (AvgIpc) is 2.16. The molecule has 0 spiro atoms. The summed E-state index contributed by atoms with van der Waals surface area (Å²) in [5.74, 6) is 3.50. The molecule has 2 atom stereocenters. The van der Waals surface area contributed by atoms with Crippen molar-refractivity contribution in [3.8, 4) is 0 Å². The van der Waals surface area contributed by atoms with Crippen molar-refractivity contribution in [3.05, 3.63) is 0 Å². The molecule has 0 radical (unpaired) electrons. The number of nitrogens with two attached hydrogens (primary N) is 1. The Morgan fingerprint density at radius 1 is 1.58 bits per heavy atom. The van der Waals surface area contributed by atoms with E-state index in [1.807, 2.05) is 0 Å². The van der Waals surface area contributed by atoms with Gasteiger partial charge in [-0.2, -0.15) is 11.8 Å². The van der Waals surface area contributed by atoms with Crippen molar-refractivity contribution in [1.29, 1.82) is 0 Å². The number of hydrogen-bond donors (Lipinski definition) is 2. The smallest absolute Gasteiger partial charge is 0.0582 e. The van der Waals surface area contributed by atoms with Gasteiger partial charge in [0.15, 0.2) is 0 Å². The number of hydrogen-bond acceptors (Lipinski definition) is 3. The van der Waals surface area contributed by atoms with Crippen molar-refractivity contribution in [2.45, 2.75) is 31.7 Å². The first-order valence-corrected chi connectivity index (χ1v) is 5.92. The Morgan fingerprint density at radius 3 is 3.00 bits per heavy atom. The maximum Gasteiger partial charge on any atom is 0.0582 e. The molecule has 1 saturated heterocycles. The first-order chi connectivity index (χ1) is 5.83. The molecule has 2 nitrogen and oxygen atoms in total. The van der Waals surface area contributed by atoms with E-state index in [2.05, 4.69) is 11.8 Å². The van der Waals surface area contributed by atoms with Gasteiger partial charge in [0.25, 0.3) is 0 Å². The largest absolute Gasteiger partial charge is 0.395 e. The summed E-state index contributed by atoms with van der Waals surface area (Å²) in [6.45, 7) is 0.139. The highest BCUT2D eigenvalue weighted by molar-refractivity contribution is 7.99. The molecule has 2 unspecified atom stereocenters. The normalized spacial score (nSPS) is 27.0. The van der Waals surface area contributed by atoms with Crippen molar-refractivity contribution in [2.75, 3.05) is 18.1 Å². The minimum Gasteiger partial charge on any atom is -0.395 e. The molecule has 1 rings (SSSR count). The van der Waals surface area contributed by atoms with E-state index in [-0.39, 0.29) is 12.6 Å². The second kappa shape index (κ2) is 5.84. The molecular formula is C9H19NOS. The van der Waals surface area contributed by atoms with Crippen LogP contribution in [-0.2, 0) is 0 Å². The van der Waals surface area contributed by atoms with Crippen LogP contribution in [0.5, 0.6) is 0 Å². The molecule has 0 aromatic heterocycles. The van der Waals surface area contributed by atoms with Crippen LogP contribution in [0.3, 0.4) is 0 Å². The van der Waals surface area contributed by atoms with Crippen molar-refractivity contribution >= 4 is 11.8 Å². The van der Waals surface area contributed by atoms with Crippen LogP contribution in [0, 0.1) is 5.92 Å². The molecule has 3 heteroatoms. The first kappa shape index (κ1) is 10.4. The zero-order valence-corrected chi connectivity index (χ0v) is 8.35. The van der Waals surface area contributed by atoms with Crippen LogP contribution in [-0.4, -0.2) is 29.3 Å². The Kier molecular flexibility index (Phi) is 5.04. The van der Waals surface area contributed by atoms with Crippen LogP contribution in [0.1, 0.15) is 25.7 Å². The second-order valence-electron chi connectivity index (χ2n) is 3.60. The Labute approximate surface area is 78.9 Å². The monoisotopic (exact) mass is 189 g/mol. The topological polar surface area (TPSA) is 46.2 Å². The minimum absolute atomic E-state index is 0.0110. The summed E-state index contributed by atoms with van der Waals surface area (Å²) in [5.41, 5.74) is 5.63. The molecule has 1 aliphatic heterocycles. The van der Waals surface area contributed by atoms with E-state index in [1.54, 1.807) is 0 Å². The van der Waals surface area contributed by atoms with Crippen LogP contribution >= 0.6 is 11.8 Å². The molecule has 0 bridgehead atoms. The van der Waals surface area contributed by atoms with Gasteiger partial charge in [-0.25, -0.2) is 0 Å². The zero-order chi connectivity index (χ0) is 8.81. The van der Waals surface area contributed by atoms with Gasteiger partial charge >= 0.3 is 0 Å². The van der Waals surface area contributed by atoms with E-state index >= 15 is 0 Å². The zero-order valence-electron chi connectivity index (χ0n) is 7.54. The van der Waals surface area contributed by atoms with E-state index in [1.165, 1.54) is 30.8 Å². The fraction of sp³-hybridized carbons (Fsp3) is 1.00. The third-order valence-electron chi connectivity index (χ3n) is 2.43. The third-order valence-corrected chi connectivity index (χ3v) is 3.72. The van der Waals surface area contributed by atoms with Gasteiger partial charge < -0.3 is 10.8 Å². The Balaban J connectivity index is 2.05. The molecule has 12 heavy (non-hydrogen) atoms. The highest BCUT2D eigenvalue weighted by atomic mass is 32.2. The lowest BCUT2D eigenvalue weighted by Gasteiger charge is -2.22. The maximum atomic E-state index is 8.73. The van der Waals surface area contributed by atoms with Gasteiger partial charge in [-0.3, -0.25) is 0 Å². The number of aliphatic hydroxyl groups is 1. The van der Waals surface area contributed by atoms with Crippen molar-refractivity contribution in [2.24, 2.45) is 11.7 Å². The molecule has 0 aromatic carbocycles. The van der Waals surface area contributed by atoms with Gasteiger partial charge in [0.1, 0.15) is 0 Å². The van der Waals surface area contributed by atoms with Crippen LogP contribution in [0.25, 0.3) is 0 Å². The molecule has 72 valence electrons. The molecule has 0 aliphatic carbocycles. The number of aliphatic hydroxyl groups excluding tert-OH is 1. The summed E-state index contributed by atoms with van der Waals surface area (Å²) in [5, 5.41) is 8.73. The van der Waals surface area contributed by atoms with Gasteiger partial charge in [0.2, 0.25) is 0 Å². The lowest BCUT2D eigenvalue weighted by atomic mass is 9.97. The number of rotatable bonds is 4. The Hall–Kier alpha value is 0.270. The van der Waals surface area contributed by atoms with Crippen LogP contribution < -0.4 is 5.73 Å². The molecule has 0 aromatic rings. The highest BCUT2D eigenvalue weighted by Gasteiger charge is 2.14. The van der Waals surface area contributed by atoms with Gasteiger partial charge in [0.05, 0.1) is 6.61 Å². The lowest BCUT2D eigenvalue weighted by molar-refractivity contribution is 0.252. The SMILES string of the molecule is NC(CO)CCC1CCCSC1. The lowest BCUT2D eigenvalue weighted by Crippen LogP contribution is -2.25. The summed E-state index contributed by atoms with van der Waals surface area (Å²) in [6.07, 6.45) is 4.92. The summed E-state index contributed by atoms with van der Waals surface area (Å²) in [7, 11) is 0. The predicted molar refractivity (Wildman–Crippen MR) is 54.3 cm³/mol. The Bertz CT molecular complexity index is 115. The van der Waals surface area contributed by atoms with E-state index < -0.39 is 0 Å². The highest BCUT2D eigenvalue weighted by Crippen LogP contribution is 2.26. The van der Waals surface area contributed by atoms with E-state index in [0.717, 1.165) is 12.3 Å². The first-order valence-electron chi connectivity index (χ1n) is 4.77. The van der Waals surface area contributed by atoms with Crippen molar-refractivity contribution in [1.82, 2.24) is 0 Å². The van der Waals surface area contributed by atoms with Crippen molar-refractivity contribution in [3.63, 3.8) is 0 Å². The predicted octanol–water partition coefficient (Wildman–Crippen LogP) is 1.23. The molecular weight excluding hydrogens is 170 g/mol. The van der Waals surface area contributed by atoms with Crippen molar-refractivity contribution < 1.29 is 5.11 Å². The van der Waals surface area contributed by atoms with Gasteiger partial charge in [-0.05, 0) is 43.1 Å². The summed E-state index contributed by atoms with van der Waals surface area (Å²) >= 11 is 2.06. The van der Waals surface area contributed by atoms with Crippen LogP contribution in [0.4, 0.5) is 0 Å². The summed E-state index contributed by atoms with van der Waals surface area (Å²) in [4.78, 5) is 0. The molecule has 0 amide bonds. The molecule has 3 N–H and O–H groups in total. The third kappa shape index (κ3) is 3.78. The maximum absolute atomic E-state index is 8.73. The Morgan fingerprint density at radius 2 is 2.42 bits per heavy atom. The number of thioether (sulfide) groups is 1.